The Hall–Kier alpha value is -2.61. The normalized spacial score (nSPS) is 17.2. The standard InChI is InChI=1S/C19H23ClN6O2/c1-25-17(22-12-23-25)6-7-21-18(27)9-13-3-2-8-26(11-13)19-24-15-5-4-14(20)10-16(15)28-19/h4-5,10,12-13H,2-3,6-9,11H2,1H3,(H,21,27). The number of nitrogens with one attached hydrogen (secondary N) is 1. The van der Waals surface area contributed by atoms with Crippen molar-refractivity contribution in [3.8, 4) is 0 Å². The van der Waals surface area contributed by atoms with E-state index in [9.17, 15) is 4.79 Å². The van der Waals surface area contributed by atoms with Gasteiger partial charge in [0.25, 0.3) is 6.01 Å². The second-order valence-electron chi connectivity index (χ2n) is 7.17. The number of fused-ring (bicyclic) bond motifs is 1. The predicted octanol–water partition coefficient (Wildman–Crippen LogP) is 2.58. The van der Waals surface area contributed by atoms with Crippen molar-refractivity contribution in [2.75, 3.05) is 24.5 Å². The molecule has 0 bridgehead atoms. The maximum atomic E-state index is 12.3. The van der Waals surface area contributed by atoms with Gasteiger partial charge in [-0.2, -0.15) is 10.1 Å². The molecule has 8 nitrogen and oxygen atoms in total. The van der Waals surface area contributed by atoms with Crippen molar-refractivity contribution in [2.24, 2.45) is 13.0 Å². The highest BCUT2D eigenvalue weighted by atomic mass is 35.5. The molecule has 148 valence electrons. The van der Waals surface area contributed by atoms with Gasteiger partial charge in [0.05, 0.1) is 0 Å². The summed E-state index contributed by atoms with van der Waals surface area (Å²) < 4.78 is 7.59. The number of amides is 1. The van der Waals surface area contributed by atoms with E-state index in [1.807, 2.05) is 13.1 Å². The average molecular weight is 403 g/mol. The molecule has 1 aliphatic rings. The van der Waals surface area contributed by atoms with Crippen LogP contribution in [0.15, 0.2) is 28.9 Å². The maximum absolute atomic E-state index is 12.3. The van der Waals surface area contributed by atoms with Crippen molar-refractivity contribution >= 4 is 34.6 Å². The quantitative estimate of drug-likeness (QED) is 0.681. The van der Waals surface area contributed by atoms with Crippen molar-refractivity contribution in [1.82, 2.24) is 25.1 Å². The third-order valence-electron chi connectivity index (χ3n) is 5.08. The van der Waals surface area contributed by atoms with E-state index in [-0.39, 0.29) is 11.8 Å². The summed E-state index contributed by atoms with van der Waals surface area (Å²) in [6.07, 6.45) is 4.73. The Morgan fingerprint density at radius 1 is 1.43 bits per heavy atom. The Morgan fingerprint density at radius 2 is 2.32 bits per heavy atom. The smallest absolute Gasteiger partial charge is 0.298 e. The van der Waals surface area contributed by atoms with Gasteiger partial charge in [-0.25, -0.2) is 4.98 Å². The maximum Gasteiger partial charge on any atom is 0.298 e. The molecule has 1 saturated heterocycles. The highest BCUT2D eigenvalue weighted by Crippen LogP contribution is 2.28. The molecule has 3 aromatic rings. The summed E-state index contributed by atoms with van der Waals surface area (Å²) >= 11 is 6.02. The second kappa shape index (κ2) is 8.18. The minimum Gasteiger partial charge on any atom is -0.423 e. The summed E-state index contributed by atoms with van der Waals surface area (Å²) in [4.78, 5) is 23.2. The van der Waals surface area contributed by atoms with Gasteiger partial charge in [-0.1, -0.05) is 11.6 Å². The number of aryl methyl sites for hydroxylation is 1. The first-order valence-electron chi connectivity index (χ1n) is 9.49. The van der Waals surface area contributed by atoms with Crippen LogP contribution in [-0.4, -0.2) is 45.3 Å². The van der Waals surface area contributed by atoms with Crippen LogP contribution in [0.25, 0.3) is 11.1 Å². The number of nitrogens with zero attached hydrogens (tertiary/aromatic N) is 5. The molecule has 3 heterocycles. The van der Waals surface area contributed by atoms with Crippen molar-refractivity contribution in [3.63, 3.8) is 0 Å². The number of piperidine rings is 1. The lowest BCUT2D eigenvalue weighted by Gasteiger charge is -2.31. The molecule has 28 heavy (non-hydrogen) atoms. The van der Waals surface area contributed by atoms with Crippen LogP contribution in [0.3, 0.4) is 0 Å². The van der Waals surface area contributed by atoms with Crippen molar-refractivity contribution < 1.29 is 9.21 Å². The number of aromatic nitrogens is 4. The van der Waals surface area contributed by atoms with Crippen LogP contribution in [-0.2, 0) is 18.3 Å². The fourth-order valence-electron chi connectivity index (χ4n) is 3.62. The summed E-state index contributed by atoms with van der Waals surface area (Å²) in [5.74, 6) is 1.21. The second-order valence-corrected chi connectivity index (χ2v) is 7.60. The van der Waals surface area contributed by atoms with Crippen LogP contribution < -0.4 is 10.2 Å². The number of hydrogen-bond acceptors (Lipinski definition) is 6. The van der Waals surface area contributed by atoms with Gasteiger partial charge in [0.2, 0.25) is 5.91 Å². The number of halogens is 1. The van der Waals surface area contributed by atoms with Crippen LogP contribution in [0.5, 0.6) is 0 Å². The zero-order chi connectivity index (χ0) is 19.5. The molecular formula is C19H23ClN6O2. The van der Waals surface area contributed by atoms with E-state index < -0.39 is 0 Å². The number of hydrogen-bond donors (Lipinski definition) is 1. The van der Waals surface area contributed by atoms with Crippen LogP contribution in [0.4, 0.5) is 6.01 Å². The van der Waals surface area contributed by atoms with Gasteiger partial charge in [-0.15, -0.1) is 0 Å². The monoisotopic (exact) mass is 402 g/mol. The van der Waals surface area contributed by atoms with Crippen molar-refractivity contribution in [1.29, 1.82) is 0 Å². The molecule has 1 unspecified atom stereocenters. The Morgan fingerprint density at radius 3 is 3.14 bits per heavy atom. The van der Waals surface area contributed by atoms with Crippen LogP contribution >= 0.6 is 11.6 Å². The van der Waals surface area contributed by atoms with Gasteiger partial charge in [-0.05, 0) is 30.9 Å². The third-order valence-corrected chi connectivity index (χ3v) is 5.31. The molecule has 2 aromatic heterocycles. The summed E-state index contributed by atoms with van der Waals surface area (Å²) in [6.45, 7) is 2.20. The van der Waals surface area contributed by atoms with Gasteiger partial charge < -0.3 is 14.6 Å². The molecule has 1 fully saturated rings. The molecule has 1 amide bonds. The molecule has 9 heteroatoms. The van der Waals surface area contributed by atoms with Crippen LogP contribution in [0.1, 0.15) is 25.1 Å². The Balaban J connectivity index is 1.30. The largest absolute Gasteiger partial charge is 0.423 e. The molecule has 0 spiro atoms. The van der Waals surface area contributed by atoms with E-state index in [0.717, 1.165) is 37.3 Å². The number of carbonyl (C=O) groups excluding carboxylic acids is 1. The molecule has 0 radical (unpaired) electrons. The summed E-state index contributed by atoms with van der Waals surface area (Å²) in [6, 6.07) is 6.04. The Bertz CT molecular complexity index is 968. The molecule has 4 rings (SSSR count). The lowest BCUT2D eigenvalue weighted by atomic mass is 9.94. The average Bonchev–Trinajstić information content (AvgIpc) is 3.28. The number of benzene rings is 1. The molecule has 1 aromatic carbocycles. The van der Waals surface area contributed by atoms with E-state index in [4.69, 9.17) is 16.0 Å². The first kappa shape index (κ1) is 18.7. The number of rotatable bonds is 6. The van der Waals surface area contributed by atoms with Crippen molar-refractivity contribution in [2.45, 2.75) is 25.7 Å². The zero-order valence-corrected chi connectivity index (χ0v) is 16.5. The minimum absolute atomic E-state index is 0.0679. The van der Waals surface area contributed by atoms with E-state index >= 15 is 0 Å². The first-order valence-corrected chi connectivity index (χ1v) is 9.87. The van der Waals surface area contributed by atoms with Crippen LogP contribution in [0.2, 0.25) is 5.02 Å². The summed E-state index contributed by atoms with van der Waals surface area (Å²) in [5.41, 5.74) is 1.48. The predicted molar refractivity (Wildman–Crippen MR) is 106 cm³/mol. The fourth-order valence-corrected chi connectivity index (χ4v) is 3.78. The van der Waals surface area contributed by atoms with Gasteiger partial charge in [0, 0.05) is 50.6 Å². The van der Waals surface area contributed by atoms with Crippen LogP contribution in [0, 0.1) is 5.92 Å². The highest BCUT2D eigenvalue weighted by molar-refractivity contribution is 6.31. The van der Waals surface area contributed by atoms with E-state index in [1.165, 1.54) is 6.33 Å². The lowest BCUT2D eigenvalue weighted by Crippen LogP contribution is -2.38. The number of oxazole rings is 1. The van der Waals surface area contributed by atoms with E-state index in [0.29, 0.717) is 36.0 Å². The van der Waals surface area contributed by atoms with Gasteiger partial charge in [0.15, 0.2) is 5.58 Å². The molecule has 0 saturated carbocycles. The lowest BCUT2D eigenvalue weighted by molar-refractivity contribution is -0.122. The highest BCUT2D eigenvalue weighted by Gasteiger charge is 2.25. The zero-order valence-electron chi connectivity index (χ0n) is 15.8. The first-order chi connectivity index (χ1) is 13.6. The van der Waals surface area contributed by atoms with Gasteiger partial charge in [0.1, 0.15) is 17.7 Å². The molecule has 1 aliphatic heterocycles. The fraction of sp³-hybridized carbons (Fsp3) is 0.474. The number of anilines is 1. The van der Waals surface area contributed by atoms with E-state index in [2.05, 4.69) is 25.3 Å². The summed E-state index contributed by atoms with van der Waals surface area (Å²) in [5, 5.41) is 7.65. The Kier molecular flexibility index (Phi) is 5.47. The molecule has 1 N–H and O–H groups in total. The molecule has 0 aliphatic carbocycles. The molecular weight excluding hydrogens is 380 g/mol. The SMILES string of the molecule is Cn1ncnc1CCNC(=O)CC1CCCN(c2nc3ccc(Cl)cc3o2)C1. The summed E-state index contributed by atoms with van der Waals surface area (Å²) in [7, 11) is 1.85. The molecule has 1 atom stereocenters. The topological polar surface area (TPSA) is 89.1 Å². The van der Waals surface area contributed by atoms with Gasteiger partial charge >= 0.3 is 0 Å². The Labute approximate surface area is 167 Å². The van der Waals surface area contributed by atoms with Gasteiger partial charge in [-0.3, -0.25) is 9.48 Å². The van der Waals surface area contributed by atoms with Crippen molar-refractivity contribution in [3.05, 3.63) is 35.4 Å². The number of carbonyl (C=O) groups is 1. The third kappa shape index (κ3) is 4.27. The van der Waals surface area contributed by atoms with E-state index in [1.54, 1.807) is 16.8 Å². The minimum atomic E-state index is 0.0679.